The van der Waals surface area contributed by atoms with Crippen LogP contribution >= 0.6 is 7.82 Å². The van der Waals surface area contributed by atoms with Crippen LogP contribution in [0.4, 0.5) is 0 Å². The number of unbranched alkanes of at least 4 members (excludes halogenated alkanes) is 27. The molecule has 0 aliphatic heterocycles. The highest BCUT2D eigenvalue weighted by molar-refractivity contribution is 7.45. The number of hydrogen-bond donors (Lipinski definition) is 0. The van der Waals surface area contributed by atoms with E-state index >= 15 is 0 Å². The molecule has 2 unspecified atom stereocenters. The summed E-state index contributed by atoms with van der Waals surface area (Å²) in [7, 11) is 1.16. The fraction of sp³-hybridized carbons (Fsp3) is 0.750. The van der Waals surface area contributed by atoms with Crippen molar-refractivity contribution < 1.29 is 42.1 Å². The van der Waals surface area contributed by atoms with Crippen LogP contribution in [0.5, 0.6) is 0 Å². The van der Waals surface area contributed by atoms with Gasteiger partial charge in [0.05, 0.1) is 27.7 Å². The third-order valence-corrected chi connectivity index (χ3v) is 13.9. The van der Waals surface area contributed by atoms with Crippen LogP contribution in [0, 0.1) is 0 Å². The van der Waals surface area contributed by atoms with Crippen LogP contribution in [-0.2, 0) is 32.7 Å². The predicted molar refractivity (Wildman–Crippen MR) is 314 cm³/mol. The third kappa shape index (κ3) is 58.5. The van der Waals surface area contributed by atoms with Gasteiger partial charge in [-0.05, 0) is 83.5 Å². The molecule has 0 amide bonds. The summed E-state index contributed by atoms with van der Waals surface area (Å²) in [5.41, 5.74) is 0. The van der Waals surface area contributed by atoms with Gasteiger partial charge in [-0.3, -0.25) is 14.2 Å². The van der Waals surface area contributed by atoms with E-state index in [0.29, 0.717) is 17.4 Å². The lowest BCUT2D eigenvalue weighted by Crippen LogP contribution is -2.37. The van der Waals surface area contributed by atoms with E-state index in [9.17, 15) is 19.0 Å². The average Bonchev–Trinajstić information content (AvgIpc) is 3.36. The zero-order valence-corrected chi connectivity index (χ0v) is 49.4. The molecule has 0 saturated heterocycles. The molecule has 0 heterocycles. The summed E-state index contributed by atoms with van der Waals surface area (Å²) in [4.78, 5) is 37.9. The van der Waals surface area contributed by atoms with Gasteiger partial charge in [-0.25, -0.2) is 0 Å². The van der Waals surface area contributed by atoms with Crippen molar-refractivity contribution in [2.45, 2.75) is 264 Å². The summed E-state index contributed by atoms with van der Waals surface area (Å²) in [6.45, 7) is 4.02. The number of allylic oxidation sites excluding steroid dienone is 14. The summed E-state index contributed by atoms with van der Waals surface area (Å²) in [5, 5.41) is 0. The average molecular weight is 1060 g/mol. The number of carbonyl (C=O) groups is 2. The zero-order valence-electron chi connectivity index (χ0n) is 48.5. The zero-order chi connectivity index (χ0) is 54.2. The van der Waals surface area contributed by atoms with E-state index in [-0.39, 0.29) is 26.1 Å². The van der Waals surface area contributed by atoms with Crippen molar-refractivity contribution in [1.29, 1.82) is 0 Å². The Balaban J connectivity index is 4.04. The molecule has 74 heavy (non-hydrogen) atoms. The lowest BCUT2D eigenvalue weighted by atomic mass is 10.0. The van der Waals surface area contributed by atoms with Gasteiger partial charge in [0, 0.05) is 12.8 Å². The fourth-order valence-electron chi connectivity index (χ4n) is 8.31. The van der Waals surface area contributed by atoms with Crippen molar-refractivity contribution >= 4 is 19.8 Å². The fourth-order valence-corrected chi connectivity index (χ4v) is 9.04. The smallest absolute Gasteiger partial charge is 0.306 e. The van der Waals surface area contributed by atoms with Gasteiger partial charge in [0.25, 0.3) is 7.82 Å². The molecule has 9 nitrogen and oxygen atoms in total. The van der Waals surface area contributed by atoms with E-state index < -0.39 is 32.5 Å². The SMILES string of the molecule is CC/C=C\C/C=C\C/C=C\C/C=C\CCCCCCCCCCCCCCCCCCCCCCC(=O)OC(COC(=O)CCCCCCCCC/C=C\C/C=C\C/C=C\CC)COP(=O)([O-])OCC[N+](C)(C)C. The maximum absolute atomic E-state index is 12.8. The van der Waals surface area contributed by atoms with Crippen LogP contribution in [0.3, 0.4) is 0 Å². The Morgan fingerprint density at radius 2 is 0.730 bits per heavy atom. The lowest BCUT2D eigenvalue weighted by molar-refractivity contribution is -0.870. The Kier molecular flexibility index (Phi) is 52.9. The molecule has 0 spiro atoms. The normalized spacial score (nSPS) is 13.9. The van der Waals surface area contributed by atoms with Crippen molar-refractivity contribution in [2.75, 3.05) is 47.5 Å². The molecule has 2 atom stereocenters. The third-order valence-electron chi connectivity index (χ3n) is 12.9. The van der Waals surface area contributed by atoms with E-state index in [4.69, 9.17) is 18.5 Å². The summed E-state index contributed by atoms with van der Waals surface area (Å²) in [6.07, 6.45) is 73.6. The molecule has 0 fully saturated rings. The van der Waals surface area contributed by atoms with Gasteiger partial charge < -0.3 is 27.9 Å². The number of ether oxygens (including phenoxy) is 2. The molecule has 0 aliphatic carbocycles. The number of quaternary nitrogens is 1. The molecule has 0 aromatic carbocycles. The highest BCUT2D eigenvalue weighted by Crippen LogP contribution is 2.38. The minimum atomic E-state index is -4.64. The van der Waals surface area contributed by atoms with Gasteiger partial charge in [0.1, 0.15) is 19.8 Å². The molecular formula is C64H114NO8P. The first-order valence-electron chi connectivity index (χ1n) is 30.3. The largest absolute Gasteiger partial charge is 0.756 e. The maximum atomic E-state index is 12.8. The molecule has 0 aliphatic rings. The minimum absolute atomic E-state index is 0.0343. The van der Waals surface area contributed by atoms with Crippen LogP contribution < -0.4 is 4.89 Å². The number of nitrogens with zero attached hydrogens (tertiary/aromatic N) is 1. The second kappa shape index (κ2) is 55.0. The van der Waals surface area contributed by atoms with Gasteiger partial charge in [-0.1, -0.05) is 247 Å². The Bertz CT molecular complexity index is 1520. The molecule has 0 aromatic rings. The molecular weight excluding hydrogens is 942 g/mol. The van der Waals surface area contributed by atoms with Crippen LogP contribution in [0.2, 0.25) is 0 Å². The van der Waals surface area contributed by atoms with E-state index in [1.54, 1.807) is 0 Å². The summed E-state index contributed by atoms with van der Waals surface area (Å²) >= 11 is 0. The summed E-state index contributed by atoms with van der Waals surface area (Å²) in [5.74, 6) is -0.840. The van der Waals surface area contributed by atoms with E-state index in [1.165, 1.54) is 128 Å². The molecule has 0 rings (SSSR count). The second-order valence-corrected chi connectivity index (χ2v) is 22.7. The van der Waals surface area contributed by atoms with E-state index in [0.717, 1.165) is 96.3 Å². The van der Waals surface area contributed by atoms with Crippen LogP contribution in [-0.4, -0.2) is 70.0 Å². The van der Waals surface area contributed by atoms with E-state index in [2.05, 4.69) is 98.9 Å². The Labute approximate surface area is 456 Å². The Morgan fingerprint density at radius 1 is 0.419 bits per heavy atom. The molecule has 0 N–H and O–H groups in total. The van der Waals surface area contributed by atoms with Crippen molar-refractivity contribution in [3.05, 3.63) is 85.1 Å². The number of hydrogen-bond acceptors (Lipinski definition) is 8. The number of phosphoric ester groups is 1. The van der Waals surface area contributed by atoms with Gasteiger partial charge in [-0.2, -0.15) is 0 Å². The van der Waals surface area contributed by atoms with Crippen LogP contribution in [0.1, 0.15) is 258 Å². The summed E-state index contributed by atoms with van der Waals surface area (Å²) in [6, 6.07) is 0. The minimum Gasteiger partial charge on any atom is -0.756 e. The monoisotopic (exact) mass is 1060 g/mol. The first-order chi connectivity index (χ1) is 36.0. The number of likely N-dealkylation sites (N-methyl/N-ethyl adjacent to an activating group) is 1. The molecule has 0 aromatic heterocycles. The van der Waals surface area contributed by atoms with E-state index in [1.807, 2.05) is 21.1 Å². The molecule has 0 radical (unpaired) electrons. The summed E-state index contributed by atoms with van der Waals surface area (Å²) < 4.78 is 34.2. The Hall–Kier alpha value is -2.81. The lowest BCUT2D eigenvalue weighted by Gasteiger charge is -2.28. The number of rotatable bonds is 55. The van der Waals surface area contributed by atoms with Crippen LogP contribution in [0.25, 0.3) is 0 Å². The first-order valence-corrected chi connectivity index (χ1v) is 31.8. The van der Waals surface area contributed by atoms with Crippen molar-refractivity contribution in [2.24, 2.45) is 0 Å². The van der Waals surface area contributed by atoms with Crippen LogP contribution in [0.15, 0.2) is 85.1 Å². The molecule has 0 bridgehead atoms. The topological polar surface area (TPSA) is 111 Å². The van der Waals surface area contributed by atoms with Crippen molar-refractivity contribution in [3.8, 4) is 0 Å². The number of carbonyl (C=O) groups excluding carboxylic acids is 2. The number of esters is 2. The van der Waals surface area contributed by atoms with Crippen molar-refractivity contribution in [1.82, 2.24) is 0 Å². The predicted octanol–water partition coefficient (Wildman–Crippen LogP) is 18.4. The maximum Gasteiger partial charge on any atom is 0.306 e. The van der Waals surface area contributed by atoms with Gasteiger partial charge >= 0.3 is 11.9 Å². The van der Waals surface area contributed by atoms with Crippen molar-refractivity contribution in [3.63, 3.8) is 0 Å². The van der Waals surface area contributed by atoms with Gasteiger partial charge in [0.2, 0.25) is 0 Å². The highest BCUT2D eigenvalue weighted by atomic mass is 31.2. The molecule has 0 saturated carbocycles. The quantitative estimate of drug-likeness (QED) is 0.0195. The first kappa shape index (κ1) is 71.2. The second-order valence-electron chi connectivity index (χ2n) is 21.3. The van der Waals surface area contributed by atoms with Gasteiger partial charge in [0.15, 0.2) is 6.10 Å². The Morgan fingerprint density at radius 3 is 1.08 bits per heavy atom. The molecule has 428 valence electrons. The molecule has 10 heteroatoms. The van der Waals surface area contributed by atoms with Gasteiger partial charge in [-0.15, -0.1) is 0 Å². The highest BCUT2D eigenvalue weighted by Gasteiger charge is 2.22. The number of phosphoric acid groups is 1. The standard InChI is InChI=1S/C64H114NO8P/c1-6-8-10-12-14-16-18-20-22-24-25-26-27-28-29-30-31-32-33-34-35-36-37-38-39-41-43-45-47-49-51-53-55-57-64(67)73-62(61-72-74(68,69)71-59-58-65(3,4)5)60-70-63(66)56-54-52-50-48-46-44-42-40-23-21-19-17-15-13-11-9-7-2/h8-11,14-17,20-23,25-26,62H,6-7,12-13,18-19,24,27-61H2,1-5H3/b10-8-,11-9-,16-14-,17-15-,22-20-,23-21-,26-25-.